The molecule has 3 aromatic heterocycles. The molecule has 16 nitrogen and oxygen atoms in total. The minimum atomic E-state index is -4.55. The van der Waals surface area contributed by atoms with Gasteiger partial charge in [-0.3, -0.25) is 18.2 Å². The Balaban J connectivity index is 0.00000576. The number of aromatic nitrogens is 4. The molecule has 0 spiro atoms. The molecule has 5 heterocycles. The summed E-state index contributed by atoms with van der Waals surface area (Å²) in [6.07, 6.45) is 6.92. The number of benzene rings is 4. The summed E-state index contributed by atoms with van der Waals surface area (Å²) in [4.78, 5) is 15.6. The van der Waals surface area contributed by atoms with Gasteiger partial charge in [0.15, 0.2) is 0 Å². The molecule has 0 saturated heterocycles. The molecule has 8 bridgehead atoms. The Morgan fingerprint density at radius 1 is 0.308 bits per heavy atom. The zero-order valence-corrected chi connectivity index (χ0v) is 38.3. The van der Waals surface area contributed by atoms with Crippen molar-refractivity contribution in [3.63, 3.8) is 0 Å². The fraction of sp³-hybridized carbons (Fsp3) is 0. The van der Waals surface area contributed by atoms with Crippen LogP contribution < -0.4 is 0 Å². The van der Waals surface area contributed by atoms with E-state index in [0.717, 1.165) is 0 Å². The summed E-state index contributed by atoms with van der Waals surface area (Å²) in [5.41, 5.74) is 7.41. The molecule has 2 aliphatic rings. The van der Waals surface area contributed by atoms with Crippen molar-refractivity contribution in [2.45, 2.75) is 19.6 Å². The number of nitrogens with zero attached hydrogens (tertiary/aromatic N) is 2. The number of H-pyrrole nitrogens is 2. The molecule has 0 amide bonds. The van der Waals surface area contributed by atoms with E-state index in [2.05, 4.69) is 9.97 Å². The van der Waals surface area contributed by atoms with Gasteiger partial charge in [-0.05, 0) is 119 Å². The second-order valence-corrected chi connectivity index (χ2v) is 20.2. The molecule has 6 N–H and O–H groups in total. The van der Waals surface area contributed by atoms with Crippen LogP contribution in [0.1, 0.15) is 22.8 Å². The van der Waals surface area contributed by atoms with Crippen molar-refractivity contribution in [2.75, 3.05) is 0 Å². The molecule has 0 unspecified atom stereocenters. The van der Waals surface area contributed by atoms with Gasteiger partial charge in [-0.15, -0.1) is 0 Å². The summed E-state index contributed by atoms with van der Waals surface area (Å²) in [5, 5.41) is 0. The van der Waals surface area contributed by atoms with Gasteiger partial charge in [0, 0.05) is 44.3 Å². The fourth-order valence-corrected chi connectivity index (χ4v) is 9.51. The fourth-order valence-electron chi connectivity index (χ4n) is 7.59. The predicted molar refractivity (Wildman–Crippen MR) is 240 cm³/mol. The number of hydrogen-bond donors (Lipinski definition) is 6. The average Bonchev–Trinajstić information content (AvgIpc) is 4.08. The third-order valence-corrected chi connectivity index (χ3v) is 14.0. The van der Waals surface area contributed by atoms with E-state index in [-0.39, 0.29) is 40.6 Å². The number of fused-ring (bicyclic) bond motifs is 8. The summed E-state index contributed by atoms with van der Waals surface area (Å²) >= 11 is 0. The molecule has 0 fully saturated rings. The number of rotatable bonds is 8. The van der Waals surface area contributed by atoms with Crippen molar-refractivity contribution < 1.29 is 72.9 Å². The standard InChI is InChI=1S/C44H30N4O12S4.Pt/c49-61(50,51)29-9-1-25(2-10-29)41-33-17-19-35(45-33)42(26-3-11-30(12-4-26)62(52,53)54)37-21-23-39(47-37)44(28-7-15-32(16-8-28)64(58,59)60)40-24-22-38(48-40)43(36-20-18-34(41)46-36)27-5-13-31(14-6-27)63(55,56)57;/h1-24,45,48H,(H,49,50,51)(H,52,53,54)(H,55,56,57)(H,58,59,60);/q;+2. The summed E-state index contributed by atoms with van der Waals surface area (Å²) in [6, 6.07) is 29.0. The Bertz CT molecular complexity index is 3300. The van der Waals surface area contributed by atoms with E-state index in [1.807, 2.05) is 0 Å². The maximum absolute atomic E-state index is 12.0. The van der Waals surface area contributed by atoms with Crippen molar-refractivity contribution >= 4 is 86.8 Å². The monoisotopic (exact) mass is 1130 g/mol. The van der Waals surface area contributed by atoms with Crippen molar-refractivity contribution in [2.24, 2.45) is 0 Å². The summed E-state index contributed by atoms with van der Waals surface area (Å²) in [6.45, 7) is 0. The zero-order valence-electron chi connectivity index (χ0n) is 32.8. The van der Waals surface area contributed by atoms with Gasteiger partial charge >= 0.3 is 21.1 Å². The predicted octanol–water partition coefficient (Wildman–Crippen LogP) is 8.31. The Kier molecular flexibility index (Phi) is 11.6. The van der Waals surface area contributed by atoms with Gasteiger partial charge in [-0.2, -0.15) is 33.7 Å². The van der Waals surface area contributed by atoms with Crippen molar-refractivity contribution in [3.8, 4) is 44.5 Å². The minimum Gasteiger partial charge on any atom is -0.354 e. The first kappa shape index (κ1) is 45.4. The Hall–Kier alpha value is -6.19. The molecule has 65 heavy (non-hydrogen) atoms. The number of nitrogens with one attached hydrogen (secondary N) is 2. The smallest absolute Gasteiger partial charge is 0.354 e. The number of hydrogen-bond acceptors (Lipinski definition) is 10. The van der Waals surface area contributed by atoms with Gasteiger partial charge in [0.25, 0.3) is 40.5 Å². The SMILES string of the molecule is O=S(=O)(O)c1ccc(-c2c3nc(c(-c4ccc(S(=O)(=O)O)cc4)c4ccc([nH]4)c(-c4ccc(S(=O)(=O)O)cc4)c4nc(c(-c5ccc(S(=O)(=O)O)cc5)c5ccc2[nH]5)C=C4)C=C3)cc1.[Pt+2]. The van der Waals surface area contributed by atoms with Crippen LogP contribution in [-0.2, 0) is 61.5 Å². The third-order valence-electron chi connectivity index (χ3n) is 10.5. The van der Waals surface area contributed by atoms with Crippen LogP contribution >= 0.6 is 0 Å². The van der Waals surface area contributed by atoms with Gasteiger partial charge in [0.05, 0.1) is 42.4 Å². The number of aromatic amines is 2. The van der Waals surface area contributed by atoms with Gasteiger partial charge < -0.3 is 9.97 Å². The molecule has 0 saturated carbocycles. The first-order valence-corrected chi connectivity index (χ1v) is 24.5. The van der Waals surface area contributed by atoms with Gasteiger partial charge in [0.1, 0.15) is 0 Å². The molecule has 0 atom stereocenters. The van der Waals surface area contributed by atoms with E-state index in [9.17, 15) is 51.9 Å². The molecule has 4 aromatic carbocycles. The molecule has 330 valence electrons. The Morgan fingerprint density at radius 3 is 0.662 bits per heavy atom. The maximum Gasteiger partial charge on any atom is 2.00 e. The summed E-state index contributed by atoms with van der Waals surface area (Å²) in [7, 11) is -18.2. The summed E-state index contributed by atoms with van der Waals surface area (Å²) < 4.78 is 135. The quantitative estimate of drug-likeness (QED) is 0.0781. The molecule has 2 aliphatic heterocycles. The summed E-state index contributed by atoms with van der Waals surface area (Å²) in [5.74, 6) is 0. The van der Waals surface area contributed by atoms with Crippen LogP contribution in [0.2, 0.25) is 0 Å². The molecular weight excluding hydrogens is 1100 g/mol. The maximum atomic E-state index is 12.0. The van der Waals surface area contributed by atoms with Crippen LogP contribution in [-0.4, -0.2) is 71.8 Å². The second kappa shape index (κ2) is 16.7. The first-order valence-electron chi connectivity index (χ1n) is 18.7. The van der Waals surface area contributed by atoms with Gasteiger partial charge in [0.2, 0.25) is 0 Å². The van der Waals surface area contributed by atoms with E-state index in [1.165, 1.54) is 97.1 Å². The topological polar surface area (TPSA) is 275 Å². The van der Waals surface area contributed by atoms with Crippen LogP contribution in [0.4, 0.5) is 0 Å². The second-order valence-electron chi connectivity index (χ2n) is 14.5. The normalized spacial score (nSPS) is 12.9. The van der Waals surface area contributed by atoms with Crippen molar-refractivity contribution in [1.82, 2.24) is 19.9 Å². The van der Waals surface area contributed by atoms with Crippen LogP contribution in [0, 0.1) is 0 Å². The molecule has 0 aliphatic carbocycles. The molecule has 7 aromatic rings. The molecule has 0 radical (unpaired) electrons. The third kappa shape index (κ3) is 8.95. The van der Waals surface area contributed by atoms with E-state index in [1.54, 1.807) is 48.6 Å². The Morgan fingerprint density at radius 2 is 0.492 bits per heavy atom. The minimum absolute atomic E-state index is 0. The average molecular weight is 1130 g/mol. The van der Waals surface area contributed by atoms with E-state index in [0.29, 0.717) is 89.4 Å². The van der Waals surface area contributed by atoms with Crippen LogP contribution in [0.15, 0.2) is 141 Å². The largest absolute Gasteiger partial charge is 2.00 e. The molecular formula is C44H30N4O12PtS4+2. The van der Waals surface area contributed by atoms with E-state index in [4.69, 9.17) is 9.97 Å². The first-order chi connectivity index (χ1) is 30.2. The van der Waals surface area contributed by atoms with Crippen molar-refractivity contribution in [3.05, 3.63) is 144 Å². The van der Waals surface area contributed by atoms with E-state index >= 15 is 0 Å². The Labute approximate surface area is 385 Å². The van der Waals surface area contributed by atoms with Gasteiger partial charge in [-0.25, -0.2) is 9.97 Å². The van der Waals surface area contributed by atoms with Crippen LogP contribution in [0.5, 0.6) is 0 Å². The van der Waals surface area contributed by atoms with E-state index < -0.39 is 40.5 Å². The molecule has 21 heteroatoms. The van der Waals surface area contributed by atoms with Crippen LogP contribution in [0.3, 0.4) is 0 Å². The molecule has 9 rings (SSSR count). The zero-order chi connectivity index (χ0) is 45.3. The van der Waals surface area contributed by atoms with Crippen LogP contribution in [0.25, 0.3) is 90.9 Å². The van der Waals surface area contributed by atoms with Gasteiger partial charge in [-0.1, -0.05) is 48.5 Å². The van der Waals surface area contributed by atoms with Crippen molar-refractivity contribution in [1.29, 1.82) is 0 Å².